The molecular formula is C25H27NO3S. The highest BCUT2D eigenvalue weighted by Gasteiger charge is 2.49. The van der Waals surface area contributed by atoms with Gasteiger partial charge in [-0.05, 0) is 63.6 Å². The van der Waals surface area contributed by atoms with Gasteiger partial charge in [0.1, 0.15) is 5.72 Å². The standard InChI is InChI=1S/C25H27NO3S/c1-17-10-13-19(14-11-17)30(28)21-15-12-18-8-6-7-9-20(18)22(21)23(27)26-24(2,3)16-29-25(26,4)5/h6-15H,16H2,1-5H3. The zero-order valence-corrected chi connectivity index (χ0v) is 18.9. The Morgan fingerprint density at radius 2 is 1.63 bits per heavy atom. The Morgan fingerprint density at radius 1 is 0.967 bits per heavy atom. The molecule has 3 aromatic carbocycles. The number of benzene rings is 3. The van der Waals surface area contributed by atoms with Crippen LogP contribution in [0.5, 0.6) is 0 Å². The molecule has 5 heteroatoms. The number of amides is 1. The molecule has 0 spiro atoms. The van der Waals surface area contributed by atoms with E-state index in [0.717, 1.165) is 16.3 Å². The molecule has 1 aliphatic heterocycles. The zero-order valence-electron chi connectivity index (χ0n) is 18.1. The van der Waals surface area contributed by atoms with Crippen LogP contribution in [-0.4, -0.2) is 32.9 Å². The van der Waals surface area contributed by atoms with Gasteiger partial charge in [0.05, 0.1) is 33.4 Å². The van der Waals surface area contributed by atoms with E-state index in [-0.39, 0.29) is 5.91 Å². The summed E-state index contributed by atoms with van der Waals surface area (Å²) in [6.45, 7) is 10.3. The van der Waals surface area contributed by atoms with Crippen molar-refractivity contribution in [1.29, 1.82) is 0 Å². The summed E-state index contributed by atoms with van der Waals surface area (Å²) in [5.41, 5.74) is 0.363. The quantitative estimate of drug-likeness (QED) is 0.576. The molecule has 0 bridgehead atoms. The molecule has 1 heterocycles. The number of ether oxygens (including phenoxy) is 1. The van der Waals surface area contributed by atoms with Gasteiger partial charge in [-0.1, -0.05) is 48.0 Å². The minimum atomic E-state index is -1.48. The van der Waals surface area contributed by atoms with Crippen LogP contribution in [0, 0.1) is 6.92 Å². The van der Waals surface area contributed by atoms with E-state index in [0.29, 0.717) is 22.0 Å². The van der Waals surface area contributed by atoms with Crippen molar-refractivity contribution in [1.82, 2.24) is 4.90 Å². The predicted molar refractivity (Wildman–Crippen MR) is 120 cm³/mol. The van der Waals surface area contributed by atoms with Crippen molar-refractivity contribution < 1.29 is 13.7 Å². The van der Waals surface area contributed by atoms with Gasteiger partial charge in [0.15, 0.2) is 0 Å². The summed E-state index contributed by atoms with van der Waals surface area (Å²) in [6, 6.07) is 19.1. The molecule has 3 aromatic rings. The number of nitrogens with zero attached hydrogens (tertiary/aromatic N) is 1. The first-order chi connectivity index (χ1) is 14.1. The van der Waals surface area contributed by atoms with E-state index in [4.69, 9.17) is 4.74 Å². The smallest absolute Gasteiger partial charge is 0.258 e. The van der Waals surface area contributed by atoms with Gasteiger partial charge in [0.2, 0.25) is 0 Å². The number of aryl methyl sites for hydroxylation is 1. The van der Waals surface area contributed by atoms with Crippen molar-refractivity contribution in [2.75, 3.05) is 6.61 Å². The van der Waals surface area contributed by atoms with Crippen LogP contribution in [0.1, 0.15) is 43.6 Å². The van der Waals surface area contributed by atoms with Crippen LogP contribution >= 0.6 is 0 Å². The fraction of sp³-hybridized carbons (Fsp3) is 0.320. The lowest BCUT2D eigenvalue weighted by atomic mass is 9.98. The summed E-state index contributed by atoms with van der Waals surface area (Å²) < 4.78 is 19.5. The molecule has 1 aliphatic rings. The minimum Gasteiger partial charge on any atom is -0.354 e. The van der Waals surface area contributed by atoms with Gasteiger partial charge in [-0.25, -0.2) is 4.21 Å². The molecule has 4 rings (SSSR count). The Hall–Kier alpha value is -2.50. The number of carbonyl (C=O) groups is 1. The molecule has 1 saturated heterocycles. The largest absolute Gasteiger partial charge is 0.354 e. The number of rotatable bonds is 3. The summed E-state index contributed by atoms with van der Waals surface area (Å²) in [5, 5.41) is 1.75. The Kier molecular flexibility index (Phi) is 5.07. The maximum Gasteiger partial charge on any atom is 0.258 e. The maximum atomic E-state index is 14.0. The second-order valence-corrected chi connectivity index (χ2v) is 10.4. The van der Waals surface area contributed by atoms with Crippen molar-refractivity contribution in [3.63, 3.8) is 0 Å². The molecule has 1 fully saturated rings. The number of hydrogen-bond donors (Lipinski definition) is 0. The van der Waals surface area contributed by atoms with Crippen LogP contribution in [0.2, 0.25) is 0 Å². The van der Waals surface area contributed by atoms with E-state index in [9.17, 15) is 9.00 Å². The minimum absolute atomic E-state index is 0.158. The van der Waals surface area contributed by atoms with E-state index >= 15 is 0 Å². The Morgan fingerprint density at radius 3 is 2.27 bits per heavy atom. The average Bonchev–Trinajstić information content (AvgIpc) is 2.94. The van der Waals surface area contributed by atoms with Gasteiger partial charge in [-0.2, -0.15) is 0 Å². The third-order valence-electron chi connectivity index (χ3n) is 5.66. The fourth-order valence-corrected chi connectivity index (χ4v) is 5.47. The van der Waals surface area contributed by atoms with E-state index < -0.39 is 22.1 Å². The van der Waals surface area contributed by atoms with Crippen LogP contribution in [-0.2, 0) is 15.5 Å². The number of hydrogen-bond acceptors (Lipinski definition) is 3. The van der Waals surface area contributed by atoms with Crippen LogP contribution in [0.4, 0.5) is 0 Å². The second kappa shape index (κ2) is 7.33. The van der Waals surface area contributed by atoms with Crippen molar-refractivity contribution in [3.05, 3.63) is 71.8 Å². The van der Waals surface area contributed by atoms with E-state index in [1.807, 2.05) is 95.3 Å². The lowest BCUT2D eigenvalue weighted by Gasteiger charge is -2.38. The summed E-state index contributed by atoms with van der Waals surface area (Å²) in [4.78, 5) is 17.0. The van der Waals surface area contributed by atoms with Gasteiger partial charge in [-0.3, -0.25) is 4.79 Å². The molecule has 4 nitrogen and oxygen atoms in total. The molecule has 0 aliphatic carbocycles. The van der Waals surface area contributed by atoms with Crippen LogP contribution < -0.4 is 0 Å². The molecule has 1 unspecified atom stereocenters. The normalized spacial score (nSPS) is 18.5. The first kappa shape index (κ1) is 20.8. The van der Waals surface area contributed by atoms with Gasteiger partial charge >= 0.3 is 0 Å². The van der Waals surface area contributed by atoms with E-state index in [1.54, 1.807) is 4.90 Å². The Balaban J connectivity index is 1.93. The molecule has 0 radical (unpaired) electrons. The average molecular weight is 422 g/mol. The number of carbonyl (C=O) groups excluding carboxylic acids is 1. The van der Waals surface area contributed by atoms with Crippen molar-refractivity contribution >= 4 is 27.5 Å². The first-order valence-electron chi connectivity index (χ1n) is 10.1. The van der Waals surface area contributed by atoms with Crippen LogP contribution in [0.3, 0.4) is 0 Å². The summed E-state index contributed by atoms with van der Waals surface area (Å²) in [5.74, 6) is -0.158. The molecule has 30 heavy (non-hydrogen) atoms. The van der Waals surface area contributed by atoms with Crippen LogP contribution in [0.15, 0.2) is 70.5 Å². The highest BCUT2D eigenvalue weighted by Crippen LogP contribution is 2.38. The monoisotopic (exact) mass is 421 g/mol. The van der Waals surface area contributed by atoms with Crippen molar-refractivity contribution in [2.24, 2.45) is 0 Å². The molecule has 156 valence electrons. The lowest BCUT2D eigenvalue weighted by Crippen LogP contribution is -2.52. The first-order valence-corrected chi connectivity index (χ1v) is 11.3. The topological polar surface area (TPSA) is 46.6 Å². The molecule has 0 aromatic heterocycles. The molecule has 0 N–H and O–H groups in total. The van der Waals surface area contributed by atoms with Crippen molar-refractivity contribution in [2.45, 2.75) is 55.7 Å². The van der Waals surface area contributed by atoms with E-state index in [1.165, 1.54) is 0 Å². The van der Waals surface area contributed by atoms with E-state index in [2.05, 4.69) is 0 Å². The SMILES string of the molecule is Cc1ccc(S(=O)c2ccc3ccccc3c2C(=O)N2C(C)(C)COC2(C)C)cc1. The Labute approximate surface area is 180 Å². The van der Waals surface area contributed by atoms with Gasteiger partial charge in [0, 0.05) is 4.90 Å². The summed E-state index contributed by atoms with van der Waals surface area (Å²) in [6.07, 6.45) is 0. The third kappa shape index (κ3) is 3.46. The summed E-state index contributed by atoms with van der Waals surface area (Å²) in [7, 11) is -1.48. The van der Waals surface area contributed by atoms with Gasteiger partial charge in [0.25, 0.3) is 5.91 Å². The molecule has 0 saturated carbocycles. The lowest BCUT2D eigenvalue weighted by molar-refractivity contribution is -0.0432. The highest BCUT2D eigenvalue weighted by atomic mass is 32.2. The third-order valence-corrected chi connectivity index (χ3v) is 7.10. The zero-order chi connectivity index (χ0) is 21.7. The maximum absolute atomic E-state index is 14.0. The van der Waals surface area contributed by atoms with Gasteiger partial charge in [-0.15, -0.1) is 0 Å². The molecule has 1 amide bonds. The molecular weight excluding hydrogens is 394 g/mol. The predicted octanol–water partition coefficient (Wildman–Crippen LogP) is 5.30. The number of fused-ring (bicyclic) bond motifs is 1. The Bertz CT molecular complexity index is 1130. The highest BCUT2D eigenvalue weighted by molar-refractivity contribution is 7.85. The fourth-order valence-electron chi connectivity index (χ4n) is 4.26. The van der Waals surface area contributed by atoms with Gasteiger partial charge < -0.3 is 9.64 Å². The van der Waals surface area contributed by atoms with Crippen LogP contribution in [0.25, 0.3) is 10.8 Å². The molecule has 1 atom stereocenters. The summed E-state index contributed by atoms with van der Waals surface area (Å²) >= 11 is 0. The van der Waals surface area contributed by atoms with Crippen molar-refractivity contribution in [3.8, 4) is 0 Å². The second-order valence-electron chi connectivity index (χ2n) is 8.93.